The van der Waals surface area contributed by atoms with Gasteiger partial charge >= 0.3 is 7.12 Å². The van der Waals surface area contributed by atoms with E-state index in [4.69, 9.17) is 9.31 Å². The molecule has 1 aliphatic heterocycles. The lowest BCUT2D eigenvalue weighted by Crippen LogP contribution is -2.41. The van der Waals surface area contributed by atoms with Gasteiger partial charge in [0.05, 0.1) is 16.1 Å². The molecule has 1 aliphatic rings. The van der Waals surface area contributed by atoms with Gasteiger partial charge in [0.2, 0.25) is 5.91 Å². The molecule has 0 aromatic carbocycles. The van der Waals surface area contributed by atoms with Gasteiger partial charge in [-0.2, -0.15) is 0 Å². The highest BCUT2D eigenvalue weighted by Gasteiger charge is 2.52. The molecule has 1 aromatic rings. The number of hydrogen-bond donors (Lipinski definition) is 1. The van der Waals surface area contributed by atoms with E-state index >= 15 is 0 Å². The summed E-state index contributed by atoms with van der Waals surface area (Å²) in [6, 6.07) is 1.84. The third-order valence-electron chi connectivity index (χ3n) is 4.42. The maximum atomic E-state index is 11.5. The SMILES string of the molecule is CC(=O)NCC(=Cc1csc(C(C)=O)c1)B1OC(C)(C)C(C)(C)O1. The second-order valence-electron chi connectivity index (χ2n) is 7.02. The van der Waals surface area contributed by atoms with Gasteiger partial charge in [0.15, 0.2) is 5.78 Å². The Balaban J connectivity index is 2.29. The van der Waals surface area contributed by atoms with E-state index in [1.807, 2.05) is 45.2 Å². The quantitative estimate of drug-likeness (QED) is 0.655. The van der Waals surface area contributed by atoms with E-state index in [1.165, 1.54) is 18.3 Å². The molecule has 0 aliphatic carbocycles. The monoisotopic (exact) mass is 349 g/mol. The van der Waals surface area contributed by atoms with Gasteiger partial charge in [-0.15, -0.1) is 11.3 Å². The topological polar surface area (TPSA) is 64.6 Å². The minimum atomic E-state index is -0.539. The van der Waals surface area contributed by atoms with Crippen molar-refractivity contribution in [1.82, 2.24) is 5.32 Å². The van der Waals surface area contributed by atoms with Gasteiger partial charge in [-0.25, -0.2) is 0 Å². The molecule has 2 heterocycles. The third-order valence-corrected chi connectivity index (χ3v) is 5.47. The second kappa shape index (κ2) is 6.82. The molecular weight excluding hydrogens is 325 g/mol. The van der Waals surface area contributed by atoms with E-state index in [2.05, 4.69) is 5.32 Å². The zero-order valence-corrected chi connectivity index (χ0v) is 15.9. The van der Waals surface area contributed by atoms with Gasteiger partial charge in [-0.05, 0) is 57.1 Å². The van der Waals surface area contributed by atoms with Gasteiger partial charge < -0.3 is 14.6 Å². The first-order chi connectivity index (χ1) is 11.0. The van der Waals surface area contributed by atoms with Crippen LogP contribution in [0.5, 0.6) is 0 Å². The smallest absolute Gasteiger partial charge is 0.400 e. The first-order valence-electron chi connectivity index (χ1n) is 7.92. The largest absolute Gasteiger partial charge is 0.492 e. The number of thiophene rings is 1. The average molecular weight is 349 g/mol. The summed E-state index contributed by atoms with van der Waals surface area (Å²) < 4.78 is 12.2. The molecule has 0 atom stereocenters. The van der Waals surface area contributed by atoms with E-state index in [-0.39, 0.29) is 11.7 Å². The van der Waals surface area contributed by atoms with Crippen LogP contribution in [0.2, 0.25) is 0 Å². The lowest BCUT2D eigenvalue weighted by Gasteiger charge is -2.32. The van der Waals surface area contributed by atoms with Crippen LogP contribution in [0.4, 0.5) is 0 Å². The first-order valence-corrected chi connectivity index (χ1v) is 8.80. The molecule has 130 valence electrons. The number of carbonyl (C=O) groups excluding carboxylic acids is 2. The zero-order chi connectivity index (χ0) is 18.1. The molecular formula is C17H24BNO4S. The van der Waals surface area contributed by atoms with E-state index in [0.717, 1.165) is 11.0 Å². The van der Waals surface area contributed by atoms with Crippen molar-refractivity contribution in [1.29, 1.82) is 0 Å². The van der Waals surface area contributed by atoms with Crippen molar-refractivity contribution in [3.8, 4) is 0 Å². The molecule has 0 saturated carbocycles. The maximum absolute atomic E-state index is 11.5. The lowest BCUT2D eigenvalue weighted by molar-refractivity contribution is -0.118. The molecule has 0 radical (unpaired) electrons. The standard InChI is InChI=1S/C17H24BNO4S/c1-11(20)15-8-13(10-24-15)7-14(9-19-12(2)21)18-22-16(3,4)17(5,6)23-18/h7-8,10H,9H2,1-6H3,(H,19,21). The number of rotatable bonds is 5. The minimum absolute atomic E-state index is 0.0405. The fourth-order valence-electron chi connectivity index (χ4n) is 2.25. The zero-order valence-electron chi connectivity index (χ0n) is 15.1. The van der Waals surface area contributed by atoms with Crippen LogP contribution >= 0.6 is 11.3 Å². The van der Waals surface area contributed by atoms with Crippen molar-refractivity contribution in [2.45, 2.75) is 52.7 Å². The van der Waals surface area contributed by atoms with Crippen LogP contribution in [0.25, 0.3) is 6.08 Å². The third kappa shape index (κ3) is 4.15. The summed E-state index contributed by atoms with van der Waals surface area (Å²) in [6.45, 7) is 11.3. The van der Waals surface area contributed by atoms with Crippen molar-refractivity contribution in [3.63, 3.8) is 0 Å². The molecule has 5 nitrogen and oxygen atoms in total. The molecule has 0 spiro atoms. The van der Waals surface area contributed by atoms with Gasteiger partial charge in [0, 0.05) is 13.5 Å². The predicted octanol–water partition coefficient (Wildman–Crippen LogP) is 3.10. The van der Waals surface area contributed by atoms with Crippen LogP contribution in [0.1, 0.15) is 56.8 Å². The number of amides is 1. The number of hydrogen-bond acceptors (Lipinski definition) is 5. The number of ketones is 1. The van der Waals surface area contributed by atoms with E-state index < -0.39 is 18.3 Å². The Bertz CT molecular complexity index is 662. The molecule has 0 unspecified atom stereocenters. The average Bonchev–Trinajstić information content (AvgIpc) is 2.97. The molecule has 1 saturated heterocycles. The number of nitrogens with one attached hydrogen (secondary N) is 1. The summed E-state index contributed by atoms with van der Waals surface area (Å²) in [7, 11) is -0.539. The normalized spacial score (nSPS) is 19.4. The van der Waals surface area contributed by atoms with Crippen LogP contribution in [0, 0.1) is 0 Å². The molecule has 1 amide bonds. The van der Waals surface area contributed by atoms with Crippen molar-refractivity contribution < 1.29 is 18.9 Å². The highest BCUT2D eigenvalue weighted by atomic mass is 32.1. The second-order valence-corrected chi connectivity index (χ2v) is 7.93. The van der Waals surface area contributed by atoms with Crippen LogP contribution in [-0.4, -0.2) is 36.6 Å². The molecule has 1 aromatic heterocycles. The summed E-state index contributed by atoms with van der Waals surface area (Å²) in [5.74, 6) is -0.0779. The summed E-state index contributed by atoms with van der Waals surface area (Å²) in [5, 5.41) is 4.71. The Kier molecular flexibility index (Phi) is 5.37. The van der Waals surface area contributed by atoms with Crippen molar-refractivity contribution in [3.05, 3.63) is 27.4 Å². The molecule has 7 heteroatoms. The molecule has 24 heavy (non-hydrogen) atoms. The van der Waals surface area contributed by atoms with Gasteiger partial charge in [-0.1, -0.05) is 6.08 Å². The summed E-state index contributed by atoms with van der Waals surface area (Å²) in [6.07, 6.45) is 1.92. The lowest BCUT2D eigenvalue weighted by atomic mass is 9.77. The van der Waals surface area contributed by atoms with Gasteiger partial charge in [0.1, 0.15) is 0 Å². The summed E-state index contributed by atoms with van der Waals surface area (Å²) in [5.41, 5.74) is 0.815. The number of carbonyl (C=O) groups is 2. The van der Waals surface area contributed by atoms with Crippen molar-refractivity contribution >= 4 is 36.2 Å². The Hall–Kier alpha value is -1.44. The summed E-state index contributed by atoms with van der Waals surface area (Å²) >= 11 is 1.40. The summed E-state index contributed by atoms with van der Waals surface area (Å²) in [4.78, 5) is 23.5. The highest BCUT2D eigenvalue weighted by molar-refractivity contribution is 7.12. The fourth-order valence-corrected chi connectivity index (χ4v) is 3.02. The van der Waals surface area contributed by atoms with E-state index in [9.17, 15) is 9.59 Å². The van der Waals surface area contributed by atoms with Crippen LogP contribution in [-0.2, 0) is 14.1 Å². The highest BCUT2D eigenvalue weighted by Crippen LogP contribution is 2.38. The minimum Gasteiger partial charge on any atom is -0.400 e. The van der Waals surface area contributed by atoms with Crippen molar-refractivity contribution in [2.75, 3.05) is 6.54 Å². The van der Waals surface area contributed by atoms with Crippen LogP contribution < -0.4 is 5.32 Å². The van der Waals surface area contributed by atoms with Crippen LogP contribution in [0.15, 0.2) is 16.9 Å². The fraction of sp³-hybridized carbons (Fsp3) is 0.529. The maximum Gasteiger partial charge on any atom is 0.492 e. The molecule has 1 N–H and O–H groups in total. The van der Waals surface area contributed by atoms with Crippen LogP contribution in [0.3, 0.4) is 0 Å². The Morgan fingerprint density at radius 3 is 2.25 bits per heavy atom. The first kappa shape index (κ1) is 18.9. The molecule has 0 bridgehead atoms. The van der Waals surface area contributed by atoms with Gasteiger partial charge in [0.25, 0.3) is 0 Å². The predicted molar refractivity (Wildman–Crippen MR) is 97.1 cm³/mol. The van der Waals surface area contributed by atoms with E-state index in [0.29, 0.717) is 11.4 Å². The van der Waals surface area contributed by atoms with Crippen molar-refractivity contribution in [2.24, 2.45) is 0 Å². The Morgan fingerprint density at radius 1 is 1.21 bits per heavy atom. The number of Topliss-reactive ketones (excluding diaryl/α,β-unsaturated/α-hetero) is 1. The Morgan fingerprint density at radius 2 is 1.79 bits per heavy atom. The van der Waals surface area contributed by atoms with E-state index in [1.54, 1.807) is 6.92 Å². The molecule has 1 fully saturated rings. The molecule has 2 rings (SSSR count). The Labute approximate surface area is 147 Å². The van der Waals surface area contributed by atoms with Gasteiger partial charge in [-0.3, -0.25) is 9.59 Å².